The van der Waals surface area contributed by atoms with Crippen molar-refractivity contribution in [3.63, 3.8) is 0 Å². The van der Waals surface area contributed by atoms with Crippen LogP contribution in [-0.2, 0) is 14.3 Å². The first-order chi connectivity index (χ1) is 10.7. The lowest BCUT2D eigenvalue weighted by atomic mass is 9.94. The number of nitrogens with zero attached hydrogens (tertiary/aromatic N) is 2. The highest BCUT2D eigenvalue weighted by Crippen LogP contribution is 2.15. The summed E-state index contributed by atoms with van der Waals surface area (Å²) in [5, 5.41) is 8.53. The Morgan fingerprint density at radius 3 is 2.95 bits per heavy atom. The van der Waals surface area contributed by atoms with Crippen molar-refractivity contribution in [1.82, 2.24) is 4.98 Å². The zero-order valence-corrected chi connectivity index (χ0v) is 12.7. The van der Waals surface area contributed by atoms with Crippen LogP contribution in [0, 0.1) is 17.2 Å². The van der Waals surface area contributed by atoms with Gasteiger partial charge in [-0.25, -0.2) is 0 Å². The Morgan fingerprint density at radius 1 is 1.50 bits per heavy atom. The molecule has 0 aliphatic carbocycles. The molecule has 0 aromatic carbocycles. The van der Waals surface area contributed by atoms with Gasteiger partial charge in [-0.15, -0.1) is 0 Å². The molecule has 1 aromatic rings. The minimum absolute atomic E-state index is 0.138. The third-order valence-corrected chi connectivity index (χ3v) is 3.21. The van der Waals surface area contributed by atoms with Gasteiger partial charge in [-0.1, -0.05) is 18.2 Å². The van der Waals surface area contributed by atoms with E-state index in [1.807, 2.05) is 30.4 Å². The summed E-state index contributed by atoms with van der Waals surface area (Å²) in [5.74, 6) is -1.41. The van der Waals surface area contributed by atoms with Gasteiger partial charge in [0.15, 0.2) is 0 Å². The number of Topliss-reactive ketones (excluding diaryl/α,β-unsaturated/α-hetero) is 1. The number of esters is 1. The molecule has 116 valence electrons. The van der Waals surface area contributed by atoms with Gasteiger partial charge in [-0.3, -0.25) is 14.6 Å². The van der Waals surface area contributed by atoms with Crippen molar-refractivity contribution in [2.75, 3.05) is 7.11 Å². The highest BCUT2D eigenvalue weighted by molar-refractivity contribution is 5.98. The Labute approximate surface area is 130 Å². The Hall–Kier alpha value is -2.48. The van der Waals surface area contributed by atoms with Gasteiger partial charge in [0.1, 0.15) is 11.7 Å². The van der Waals surface area contributed by atoms with E-state index >= 15 is 0 Å². The molecule has 0 N–H and O–H groups in total. The van der Waals surface area contributed by atoms with Crippen molar-refractivity contribution >= 4 is 17.8 Å². The number of methoxy groups -OCH3 is 1. The predicted octanol–water partition coefficient (Wildman–Crippen LogP) is 2.93. The molecular weight excluding hydrogens is 280 g/mol. The molecule has 0 aliphatic heterocycles. The number of aromatic nitrogens is 1. The molecule has 0 amide bonds. The molecule has 0 fully saturated rings. The normalized spacial score (nSPS) is 11.8. The number of rotatable bonds is 9. The van der Waals surface area contributed by atoms with Crippen LogP contribution in [0.4, 0.5) is 0 Å². The molecule has 1 rings (SSSR count). The zero-order chi connectivity index (χ0) is 16.2. The van der Waals surface area contributed by atoms with Crippen molar-refractivity contribution in [3.8, 4) is 6.07 Å². The molecule has 0 saturated carbocycles. The van der Waals surface area contributed by atoms with E-state index < -0.39 is 11.9 Å². The van der Waals surface area contributed by atoms with Crippen molar-refractivity contribution in [2.45, 2.75) is 32.1 Å². The number of carbonyl (C=O) groups excluding carboxylic acids is 2. The maximum atomic E-state index is 12.1. The van der Waals surface area contributed by atoms with Crippen LogP contribution in [0.3, 0.4) is 0 Å². The average Bonchev–Trinajstić information content (AvgIpc) is 2.56. The number of hydrogen-bond acceptors (Lipinski definition) is 5. The third-order valence-electron chi connectivity index (χ3n) is 3.21. The highest BCUT2D eigenvalue weighted by Gasteiger charge is 2.25. The summed E-state index contributed by atoms with van der Waals surface area (Å²) in [4.78, 5) is 27.8. The van der Waals surface area contributed by atoms with E-state index in [0.29, 0.717) is 25.7 Å². The molecule has 0 radical (unpaired) electrons. The molecule has 1 unspecified atom stereocenters. The van der Waals surface area contributed by atoms with Crippen LogP contribution < -0.4 is 0 Å². The summed E-state index contributed by atoms with van der Waals surface area (Å²) in [6.45, 7) is 0. The van der Waals surface area contributed by atoms with Gasteiger partial charge >= 0.3 is 5.97 Å². The first kappa shape index (κ1) is 17.6. The van der Waals surface area contributed by atoms with E-state index in [9.17, 15) is 9.59 Å². The van der Waals surface area contributed by atoms with Crippen LogP contribution in [0.2, 0.25) is 0 Å². The summed E-state index contributed by atoms with van der Waals surface area (Å²) in [5.41, 5.74) is 0.966. The third kappa shape index (κ3) is 6.31. The number of carbonyl (C=O) groups is 2. The van der Waals surface area contributed by atoms with E-state index in [4.69, 9.17) is 5.26 Å². The molecule has 0 aliphatic rings. The number of unbranched alkanes of at least 4 members (excludes halogenated alkanes) is 1. The number of ether oxygens (including phenoxy) is 1. The van der Waals surface area contributed by atoms with Gasteiger partial charge in [0, 0.05) is 25.2 Å². The van der Waals surface area contributed by atoms with Crippen LogP contribution in [0.15, 0.2) is 30.6 Å². The second-order valence-electron chi connectivity index (χ2n) is 4.82. The Balaban J connectivity index is 2.47. The monoisotopic (exact) mass is 300 g/mol. The van der Waals surface area contributed by atoms with E-state index in [1.54, 1.807) is 12.4 Å². The van der Waals surface area contributed by atoms with E-state index in [-0.39, 0.29) is 12.2 Å². The number of ketones is 1. The molecule has 1 atom stereocenters. The smallest absolute Gasteiger partial charge is 0.316 e. The molecule has 0 bridgehead atoms. The van der Waals surface area contributed by atoms with E-state index in [1.165, 1.54) is 7.11 Å². The van der Waals surface area contributed by atoms with Crippen LogP contribution in [-0.4, -0.2) is 23.8 Å². The topological polar surface area (TPSA) is 80.0 Å². The zero-order valence-electron chi connectivity index (χ0n) is 12.7. The molecule has 1 heterocycles. The van der Waals surface area contributed by atoms with Gasteiger partial charge in [-0.05, 0) is 30.9 Å². The highest BCUT2D eigenvalue weighted by atomic mass is 16.5. The Bertz CT molecular complexity index is 547. The van der Waals surface area contributed by atoms with Crippen molar-refractivity contribution in [1.29, 1.82) is 5.26 Å². The fourth-order valence-corrected chi connectivity index (χ4v) is 2.03. The van der Waals surface area contributed by atoms with Gasteiger partial charge in [-0.2, -0.15) is 5.26 Å². The van der Waals surface area contributed by atoms with Crippen molar-refractivity contribution in [2.24, 2.45) is 5.92 Å². The largest absolute Gasteiger partial charge is 0.468 e. The van der Waals surface area contributed by atoms with E-state index in [2.05, 4.69) is 9.72 Å². The first-order valence-electron chi connectivity index (χ1n) is 7.23. The molecule has 1 aromatic heterocycles. The number of hydrogen-bond donors (Lipinski definition) is 0. The summed E-state index contributed by atoms with van der Waals surface area (Å²) < 4.78 is 4.67. The van der Waals surface area contributed by atoms with Crippen LogP contribution in [0.5, 0.6) is 0 Å². The predicted molar refractivity (Wildman–Crippen MR) is 82.5 cm³/mol. The molecular formula is C17H20N2O3. The average molecular weight is 300 g/mol. The fourth-order valence-electron chi connectivity index (χ4n) is 2.03. The minimum Gasteiger partial charge on any atom is -0.468 e. The van der Waals surface area contributed by atoms with Crippen molar-refractivity contribution < 1.29 is 14.3 Å². The second kappa shape index (κ2) is 10.3. The molecule has 5 nitrogen and oxygen atoms in total. The fraction of sp³-hybridized carbons (Fsp3) is 0.412. The Morgan fingerprint density at radius 2 is 2.32 bits per heavy atom. The van der Waals surface area contributed by atoms with Gasteiger partial charge in [0.25, 0.3) is 0 Å². The number of allylic oxidation sites excluding steroid dienone is 1. The summed E-state index contributed by atoms with van der Waals surface area (Å²) in [6, 6.07) is 5.77. The quantitative estimate of drug-likeness (QED) is 0.398. The van der Waals surface area contributed by atoms with Gasteiger partial charge in [0.05, 0.1) is 13.2 Å². The maximum Gasteiger partial charge on any atom is 0.316 e. The maximum absolute atomic E-state index is 12.1. The van der Waals surface area contributed by atoms with Crippen LogP contribution in [0.25, 0.3) is 6.08 Å². The van der Waals surface area contributed by atoms with Crippen LogP contribution in [0.1, 0.15) is 37.7 Å². The summed E-state index contributed by atoms with van der Waals surface area (Å²) in [7, 11) is 1.27. The summed E-state index contributed by atoms with van der Waals surface area (Å²) in [6.07, 6.45) is 9.27. The molecule has 22 heavy (non-hydrogen) atoms. The first-order valence-corrected chi connectivity index (χ1v) is 7.23. The lowest BCUT2D eigenvalue weighted by Gasteiger charge is -2.12. The number of pyridine rings is 1. The van der Waals surface area contributed by atoms with E-state index in [0.717, 1.165) is 5.56 Å². The SMILES string of the molecule is COC(=O)C(CCCC#N)C(=O)CC/C=C/c1cccnc1. The molecule has 5 heteroatoms. The number of nitriles is 1. The lowest BCUT2D eigenvalue weighted by Crippen LogP contribution is -2.25. The summed E-state index contributed by atoms with van der Waals surface area (Å²) >= 11 is 0. The standard InChI is InChI=1S/C17H20N2O3/c1-22-17(21)15(9-4-5-11-18)16(20)10-3-2-7-14-8-6-12-19-13-14/h2,6-8,12-13,15H,3-5,9-10H2,1H3/b7-2+. The second-order valence-corrected chi connectivity index (χ2v) is 4.82. The molecule has 0 saturated heterocycles. The lowest BCUT2D eigenvalue weighted by molar-refractivity contribution is -0.149. The van der Waals surface area contributed by atoms with Crippen LogP contribution >= 0.6 is 0 Å². The minimum atomic E-state index is -0.759. The Kier molecular flexibility index (Phi) is 8.21. The molecule has 0 spiro atoms. The van der Waals surface area contributed by atoms with Gasteiger partial charge < -0.3 is 4.74 Å². The van der Waals surface area contributed by atoms with Crippen molar-refractivity contribution in [3.05, 3.63) is 36.2 Å². The van der Waals surface area contributed by atoms with Gasteiger partial charge in [0.2, 0.25) is 0 Å².